The first-order chi connectivity index (χ1) is 12.2. The largest absolute Gasteiger partial charge is 0.490 e. The van der Waals surface area contributed by atoms with E-state index >= 15 is 0 Å². The molecule has 6 nitrogen and oxygen atoms in total. The highest BCUT2D eigenvalue weighted by molar-refractivity contribution is 5.76. The predicted molar refractivity (Wildman–Crippen MR) is 91.8 cm³/mol. The average molecular weight is 338 g/mol. The summed E-state index contributed by atoms with van der Waals surface area (Å²) in [6.45, 7) is 4.46. The lowest BCUT2D eigenvalue weighted by atomic mass is 10.1. The summed E-state index contributed by atoms with van der Waals surface area (Å²) in [6.07, 6.45) is 0.762. The summed E-state index contributed by atoms with van der Waals surface area (Å²) in [5.41, 5.74) is 2.57. The number of aryl methyl sites for hydroxylation is 1. The normalized spacial score (nSPS) is 10.5. The van der Waals surface area contributed by atoms with E-state index in [-0.39, 0.29) is 6.61 Å². The van der Waals surface area contributed by atoms with E-state index in [0.29, 0.717) is 35.4 Å². The third-order valence-corrected chi connectivity index (χ3v) is 3.53. The summed E-state index contributed by atoms with van der Waals surface area (Å²) in [7, 11) is 0. The minimum atomic E-state index is 0.110. The van der Waals surface area contributed by atoms with E-state index in [2.05, 4.69) is 10.1 Å². The molecule has 0 spiro atoms. The number of carbonyl (C=O) groups is 1. The molecule has 0 saturated heterocycles. The standard InChI is InChI=1S/C19H18N2O4/c1-3-23-17-10-14(11-22)6-9-16(17)24-12-18-20-19(21-25-18)15-7-4-13(2)5-8-15/h4-11H,3,12H2,1-2H3. The van der Waals surface area contributed by atoms with E-state index in [0.717, 1.165) is 17.4 Å². The van der Waals surface area contributed by atoms with Gasteiger partial charge in [-0.2, -0.15) is 4.98 Å². The van der Waals surface area contributed by atoms with Gasteiger partial charge in [-0.1, -0.05) is 35.0 Å². The van der Waals surface area contributed by atoms with E-state index in [1.54, 1.807) is 18.2 Å². The van der Waals surface area contributed by atoms with Crippen molar-refractivity contribution in [2.75, 3.05) is 6.61 Å². The zero-order valence-corrected chi connectivity index (χ0v) is 14.1. The number of nitrogens with zero attached hydrogens (tertiary/aromatic N) is 2. The van der Waals surface area contributed by atoms with Gasteiger partial charge in [-0.05, 0) is 32.0 Å². The molecule has 0 aliphatic rings. The van der Waals surface area contributed by atoms with Crippen LogP contribution in [0.3, 0.4) is 0 Å². The molecule has 0 aliphatic carbocycles. The van der Waals surface area contributed by atoms with Crippen LogP contribution in [-0.2, 0) is 6.61 Å². The van der Waals surface area contributed by atoms with Crippen LogP contribution < -0.4 is 9.47 Å². The summed E-state index contributed by atoms with van der Waals surface area (Å²) in [4.78, 5) is 15.2. The Labute approximate surface area is 145 Å². The van der Waals surface area contributed by atoms with Gasteiger partial charge in [-0.15, -0.1) is 0 Å². The summed E-state index contributed by atoms with van der Waals surface area (Å²) < 4.78 is 16.4. The quantitative estimate of drug-likeness (QED) is 0.609. The Morgan fingerprint density at radius 2 is 1.88 bits per heavy atom. The van der Waals surface area contributed by atoms with Crippen molar-refractivity contribution in [3.05, 3.63) is 59.5 Å². The minimum Gasteiger partial charge on any atom is -0.490 e. The number of rotatable bonds is 7. The molecule has 0 bridgehead atoms. The van der Waals surface area contributed by atoms with Crippen molar-refractivity contribution in [1.29, 1.82) is 0 Å². The zero-order valence-electron chi connectivity index (χ0n) is 14.1. The molecule has 128 valence electrons. The highest BCUT2D eigenvalue weighted by Gasteiger charge is 2.11. The Hall–Kier alpha value is -3.15. The Bertz CT molecular complexity index is 856. The maximum Gasteiger partial charge on any atom is 0.264 e. The van der Waals surface area contributed by atoms with Crippen LogP contribution in [0.4, 0.5) is 0 Å². The highest BCUT2D eigenvalue weighted by Crippen LogP contribution is 2.29. The molecule has 3 rings (SSSR count). The van der Waals surface area contributed by atoms with Gasteiger partial charge in [0, 0.05) is 11.1 Å². The van der Waals surface area contributed by atoms with Crippen molar-refractivity contribution in [3.8, 4) is 22.9 Å². The molecule has 0 unspecified atom stereocenters. The molecule has 0 N–H and O–H groups in total. The lowest BCUT2D eigenvalue weighted by Gasteiger charge is -2.10. The first-order valence-corrected chi connectivity index (χ1v) is 7.94. The first kappa shape index (κ1) is 16.7. The van der Waals surface area contributed by atoms with Crippen molar-refractivity contribution >= 4 is 6.29 Å². The van der Waals surface area contributed by atoms with E-state index in [4.69, 9.17) is 14.0 Å². The van der Waals surface area contributed by atoms with Crippen LogP contribution in [0.15, 0.2) is 47.0 Å². The lowest BCUT2D eigenvalue weighted by molar-refractivity contribution is 0.112. The van der Waals surface area contributed by atoms with Crippen LogP contribution in [0, 0.1) is 6.92 Å². The van der Waals surface area contributed by atoms with Crippen LogP contribution in [-0.4, -0.2) is 23.0 Å². The minimum absolute atomic E-state index is 0.110. The lowest BCUT2D eigenvalue weighted by Crippen LogP contribution is -2.00. The highest BCUT2D eigenvalue weighted by atomic mass is 16.5. The summed E-state index contributed by atoms with van der Waals surface area (Å²) in [6, 6.07) is 12.8. The van der Waals surface area contributed by atoms with Gasteiger partial charge in [-0.3, -0.25) is 4.79 Å². The van der Waals surface area contributed by atoms with Crippen molar-refractivity contribution in [2.45, 2.75) is 20.5 Å². The van der Waals surface area contributed by atoms with Crippen LogP contribution in [0.25, 0.3) is 11.4 Å². The van der Waals surface area contributed by atoms with Crippen molar-refractivity contribution in [3.63, 3.8) is 0 Å². The molecule has 0 aliphatic heterocycles. The second-order valence-corrected chi connectivity index (χ2v) is 5.42. The number of aromatic nitrogens is 2. The Morgan fingerprint density at radius 3 is 2.60 bits per heavy atom. The SMILES string of the molecule is CCOc1cc(C=O)ccc1OCc1nc(-c2ccc(C)cc2)no1. The van der Waals surface area contributed by atoms with Crippen LogP contribution in [0.1, 0.15) is 28.7 Å². The molecule has 0 atom stereocenters. The van der Waals surface area contributed by atoms with E-state index in [9.17, 15) is 4.79 Å². The van der Waals surface area contributed by atoms with Crippen LogP contribution in [0.5, 0.6) is 11.5 Å². The molecule has 6 heteroatoms. The van der Waals surface area contributed by atoms with Gasteiger partial charge >= 0.3 is 0 Å². The van der Waals surface area contributed by atoms with Crippen molar-refractivity contribution in [1.82, 2.24) is 10.1 Å². The molecular formula is C19H18N2O4. The van der Waals surface area contributed by atoms with Gasteiger partial charge < -0.3 is 14.0 Å². The van der Waals surface area contributed by atoms with Crippen molar-refractivity contribution < 1.29 is 18.8 Å². The fourth-order valence-corrected chi connectivity index (χ4v) is 2.26. The van der Waals surface area contributed by atoms with E-state index in [1.165, 1.54) is 0 Å². The number of hydrogen-bond donors (Lipinski definition) is 0. The first-order valence-electron chi connectivity index (χ1n) is 7.94. The van der Waals surface area contributed by atoms with Crippen molar-refractivity contribution in [2.24, 2.45) is 0 Å². The number of benzene rings is 2. The van der Waals surface area contributed by atoms with Crippen LogP contribution >= 0.6 is 0 Å². The number of aldehydes is 1. The third-order valence-electron chi connectivity index (χ3n) is 3.53. The molecule has 0 amide bonds. The molecule has 0 fully saturated rings. The monoisotopic (exact) mass is 338 g/mol. The van der Waals surface area contributed by atoms with Gasteiger partial charge in [0.05, 0.1) is 6.61 Å². The van der Waals surface area contributed by atoms with E-state index in [1.807, 2.05) is 38.1 Å². The topological polar surface area (TPSA) is 74.5 Å². The third kappa shape index (κ3) is 4.03. The number of ether oxygens (including phenoxy) is 2. The van der Waals surface area contributed by atoms with Gasteiger partial charge in [0.2, 0.25) is 5.82 Å². The van der Waals surface area contributed by atoms with Crippen LogP contribution in [0.2, 0.25) is 0 Å². The average Bonchev–Trinajstić information content (AvgIpc) is 3.10. The number of hydrogen-bond acceptors (Lipinski definition) is 6. The molecule has 25 heavy (non-hydrogen) atoms. The van der Waals surface area contributed by atoms with Gasteiger partial charge in [0.15, 0.2) is 18.1 Å². The molecule has 0 radical (unpaired) electrons. The fourth-order valence-electron chi connectivity index (χ4n) is 2.26. The zero-order chi connectivity index (χ0) is 17.6. The Balaban J connectivity index is 1.72. The molecular weight excluding hydrogens is 320 g/mol. The smallest absolute Gasteiger partial charge is 0.264 e. The molecule has 2 aromatic carbocycles. The number of carbonyl (C=O) groups excluding carboxylic acids is 1. The molecule has 1 aromatic heterocycles. The molecule has 0 saturated carbocycles. The maximum absolute atomic E-state index is 10.9. The van der Waals surface area contributed by atoms with Gasteiger partial charge in [0.1, 0.15) is 6.29 Å². The second kappa shape index (κ2) is 7.61. The van der Waals surface area contributed by atoms with Gasteiger partial charge in [0.25, 0.3) is 5.89 Å². The van der Waals surface area contributed by atoms with E-state index < -0.39 is 0 Å². The fraction of sp³-hybridized carbons (Fsp3) is 0.211. The summed E-state index contributed by atoms with van der Waals surface area (Å²) >= 11 is 0. The summed E-state index contributed by atoms with van der Waals surface area (Å²) in [5, 5.41) is 3.97. The Kier molecular flexibility index (Phi) is 5.09. The second-order valence-electron chi connectivity index (χ2n) is 5.42. The summed E-state index contributed by atoms with van der Waals surface area (Å²) in [5.74, 6) is 1.89. The molecule has 1 heterocycles. The van der Waals surface area contributed by atoms with Gasteiger partial charge in [-0.25, -0.2) is 0 Å². The Morgan fingerprint density at radius 1 is 1.08 bits per heavy atom. The predicted octanol–water partition coefficient (Wildman–Crippen LogP) is 3.84. The maximum atomic E-state index is 10.9. The molecule has 3 aromatic rings.